The van der Waals surface area contributed by atoms with Gasteiger partial charge in [0.2, 0.25) is 10.0 Å². The highest BCUT2D eigenvalue weighted by molar-refractivity contribution is 7.89. The Bertz CT molecular complexity index is 455. The second-order valence-electron chi connectivity index (χ2n) is 4.48. The van der Waals surface area contributed by atoms with E-state index in [0.29, 0.717) is 19.0 Å². The number of nitrogens with zero attached hydrogens (tertiary/aromatic N) is 1. The number of aryl methyl sites for hydroxylation is 1. The van der Waals surface area contributed by atoms with E-state index in [1.54, 1.807) is 0 Å². The SMILES string of the molecule is Cc1csc(CNS(=O)(=O)CCCNC(C)C)n1. The minimum absolute atomic E-state index is 0.150. The van der Waals surface area contributed by atoms with Gasteiger partial charge < -0.3 is 5.32 Å². The fourth-order valence-corrected chi connectivity index (χ4v) is 3.21. The number of rotatable bonds is 8. The van der Waals surface area contributed by atoms with Crippen molar-refractivity contribution >= 4 is 21.4 Å². The van der Waals surface area contributed by atoms with Crippen LogP contribution < -0.4 is 10.0 Å². The molecule has 5 nitrogen and oxygen atoms in total. The van der Waals surface area contributed by atoms with Gasteiger partial charge in [-0.1, -0.05) is 13.8 Å². The normalized spacial score (nSPS) is 12.2. The Morgan fingerprint density at radius 3 is 2.72 bits per heavy atom. The van der Waals surface area contributed by atoms with Gasteiger partial charge in [0, 0.05) is 17.1 Å². The second-order valence-corrected chi connectivity index (χ2v) is 7.35. The summed E-state index contributed by atoms with van der Waals surface area (Å²) in [7, 11) is -3.19. The molecule has 1 rings (SSSR count). The van der Waals surface area contributed by atoms with Gasteiger partial charge in [0.25, 0.3) is 0 Å². The zero-order valence-corrected chi connectivity index (χ0v) is 12.7. The lowest BCUT2D eigenvalue weighted by Gasteiger charge is -2.08. The van der Waals surface area contributed by atoms with Crippen molar-refractivity contribution in [1.29, 1.82) is 0 Å². The number of hydrogen-bond acceptors (Lipinski definition) is 5. The first-order chi connectivity index (χ1) is 8.39. The summed E-state index contributed by atoms with van der Waals surface area (Å²) < 4.78 is 26.0. The van der Waals surface area contributed by atoms with Crippen molar-refractivity contribution in [3.05, 3.63) is 16.1 Å². The van der Waals surface area contributed by atoms with Gasteiger partial charge in [0.05, 0.1) is 12.3 Å². The maximum atomic E-state index is 11.7. The monoisotopic (exact) mass is 291 g/mol. The molecule has 0 radical (unpaired) electrons. The van der Waals surface area contributed by atoms with Crippen LogP contribution in [0.15, 0.2) is 5.38 Å². The van der Waals surface area contributed by atoms with E-state index in [1.807, 2.05) is 26.2 Å². The number of thiazole rings is 1. The summed E-state index contributed by atoms with van der Waals surface area (Å²) in [6.07, 6.45) is 0.615. The molecule has 0 saturated carbocycles. The van der Waals surface area contributed by atoms with Crippen LogP contribution >= 0.6 is 11.3 Å². The highest BCUT2D eigenvalue weighted by atomic mass is 32.2. The summed E-state index contributed by atoms with van der Waals surface area (Å²) in [5.41, 5.74) is 0.926. The minimum atomic E-state index is -3.19. The van der Waals surface area contributed by atoms with Crippen molar-refractivity contribution in [3.8, 4) is 0 Å². The first-order valence-corrected chi connectivity index (χ1v) is 8.54. The van der Waals surface area contributed by atoms with E-state index in [1.165, 1.54) is 11.3 Å². The largest absolute Gasteiger partial charge is 0.314 e. The van der Waals surface area contributed by atoms with Gasteiger partial charge in [-0.2, -0.15) is 0 Å². The van der Waals surface area contributed by atoms with Gasteiger partial charge in [-0.3, -0.25) is 0 Å². The molecule has 0 unspecified atom stereocenters. The van der Waals surface area contributed by atoms with E-state index < -0.39 is 10.0 Å². The molecular weight excluding hydrogens is 270 g/mol. The highest BCUT2D eigenvalue weighted by Gasteiger charge is 2.10. The van der Waals surface area contributed by atoms with Crippen molar-refractivity contribution in [3.63, 3.8) is 0 Å². The van der Waals surface area contributed by atoms with E-state index in [2.05, 4.69) is 15.0 Å². The third-order valence-electron chi connectivity index (χ3n) is 2.25. The Hall–Kier alpha value is -0.500. The van der Waals surface area contributed by atoms with Crippen molar-refractivity contribution in [2.45, 2.75) is 39.8 Å². The lowest BCUT2D eigenvalue weighted by molar-refractivity contribution is 0.560. The Kier molecular flexibility index (Phi) is 6.20. The second kappa shape index (κ2) is 7.18. The molecule has 0 atom stereocenters. The molecule has 1 aromatic heterocycles. The van der Waals surface area contributed by atoms with Gasteiger partial charge >= 0.3 is 0 Å². The van der Waals surface area contributed by atoms with E-state index >= 15 is 0 Å². The molecule has 104 valence electrons. The molecule has 0 aliphatic rings. The lowest BCUT2D eigenvalue weighted by atomic mass is 10.4. The van der Waals surface area contributed by atoms with E-state index in [4.69, 9.17) is 0 Å². The average Bonchev–Trinajstić information content (AvgIpc) is 2.68. The van der Waals surface area contributed by atoms with Crippen LogP contribution in [0.5, 0.6) is 0 Å². The van der Waals surface area contributed by atoms with Crippen LogP contribution in [0.4, 0.5) is 0 Å². The van der Waals surface area contributed by atoms with Gasteiger partial charge in [-0.05, 0) is 19.9 Å². The molecule has 0 bridgehead atoms. The first kappa shape index (κ1) is 15.6. The van der Waals surface area contributed by atoms with Crippen LogP contribution in [0.2, 0.25) is 0 Å². The maximum absolute atomic E-state index is 11.7. The Morgan fingerprint density at radius 2 is 2.17 bits per heavy atom. The summed E-state index contributed by atoms with van der Waals surface area (Å²) >= 11 is 1.47. The molecule has 0 aliphatic carbocycles. The summed E-state index contributed by atoms with van der Waals surface area (Å²) in [6.45, 7) is 6.98. The maximum Gasteiger partial charge on any atom is 0.212 e. The fraction of sp³-hybridized carbons (Fsp3) is 0.727. The molecule has 0 aromatic carbocycles. The third-order valence-corrected chi connectivity index (χ3v) is 4.63. The number of sulfonamides is 1. The number of aromatic nitrogens is 1. The smallest absolute Gasteiger partial charge is 0.212 e. The zero-order chi connectivity index (χ0) is 13.6. The predicted molar refractivity (Wildman–Crippen MR) is 75.2 cm³/mol. The molecule has 7 heteroatoms. The number of nitrogens with one attached hydrogen (secondary N) is 2. The standard InChI is InChI=1S/C11H21N3O2S2/c1-9(2)12-5-4-6-18(15,16)13-7-11-14-10(3)8-17-11/h8-9,12-13H,4-7H2,1-3H3. The fourth-order valence-electron chi connectivity index (χ4n) is 1.38. The van der Waals surface area contributed by atoms with Gasteiger partial charge in [0.15, 0.2) is 0 Å². The predicted octanol–water partition coefficient (Wildman–Crippen LogP) is 1.26. The van der Waals surface area contributed by atoms with Crippen LogP contribution in [0.1, 0.15) is 31.0 Å². The van der Waals surface area contributed by atoms with Gasteiger partial charge in [-0.25, -0.2) is 18.1 Å². The van der Waals surface area contributed by atoms with Crippen LogP contribution in [-0.4, -0.2) is 31.7 Å². The van der Waals surface area contributed by atoms with Crippen molar-refractivity contribution in [2.24, 2.45) is 0 Å². The molecular formula is C11H21N3O2S2. The van der Waals surface area contributed by atoms with Crippen molar-refractivity contribution in [1.82, 2.24) is 15.0 Å². The Labute approximate surface area is 113 Å². The lowest BCUT2D eigenvalue weighted by Crippen LogP contribution is -2.29. The van der Waals surface area contributed by atoms with E-state index in [0.717, 1.165) is 17.2 Å². The van der Waals surface area contributed by atoms with Crippen LogP contribution in [0, 0.1) is 6.92 Å². The van der Waals surface area contributed by atoms with Crippen LogP contribution in [-0.2, 0) is 16.6 Å². The number of hydrogen-bond donors (Lipinski definition) is 2. The summed E-state index contributed by atoms with van der Waals surface area (Å²) in [6, 6.07) is 0.388. The van der Waals surface area contributed by atoms with Crippen LogP contribution in [0.25, 0.3) is 0 Å². The molecule has 0 saturated heterocycles. The summed E-state index contributed by atoms with van der Waals surface area (Å²) in [5, 5.41) is 5.91. The molecule has 0 fully saturated rings. The van der Waals surface area contributed by atoms with E-state index in [9.17, 15) is 8.42 Å². The van der Waals surface area contributed by atoms with Crippen molar-refractivity contribution < 1.29 is 8.42 Å². The van der Waals surface area contributed by atoms with Gasteiger partial charge in [0.1, 0.15) is 5.01 Å². The molecule has 0 amide bonds. The summed E-state index contributed by atoms with van der Waals surface area (Å²) in [4.78, 5) is 4.21. The molecule has 18 heavy (non-hydrogen) atoms. The van der Waals surface area contributed by atoms with Crippen LogP contribution in [0.3, 0.4) is 0 Å². The van der Waals surface area contributed by atoms with Gasteiger partial charge in [-0.15, -0.1) is 11.3 Å². The molecule has 1 aromatic rings. The topological polar surface area (TPSA) is 71.1 Å². The first-order valence-electron chi connectivity index (χ1n) is 6.01. The molecule has 2 N–H and O–H groups in total. The zero-order valence-electron chi connectivity index (χ0n) is 11.1. The quantitative estimate of drug-likeness (QED) is 0.707. The molecule has 0 aliphatic heterocycles. The Balaban J connectivity index is 2.27. The molecule has 0 spiro atoms. The molecule has 1 heterocycles. The average molecular weight is 291 g/mol. The third kappa shape index (κ3) is 6.44. The minimum Gasteiger partial charge on any atom is -0.314 e. The Morgan fingerprint density at radius 1 is 1.44 bits per heavy atom. The highest BCUT2D eigenvalue weighted by Crippen LogP contribution is 2.08. The van der Waals surface area contributed by atoms with Crippen molar-refractivity contribution in [2.75, 3.05) is 12.3 Å². The van der Waals surface area contributed by atoms with E-state index in [-0.39, 0.29) is 5.75 Å². The summed E-state index contributed by atoms with van der Waals surface area (Å²) in [5.74, 6) is 0.150.